The molecule has 0 aliphatic carbocycles. The fourth-order valence-electron chi connectivity index (χ4n) is 0.560. The number of hydrogen-bond donors (Lipinski definition) is 0. The highest BCUT2D eigenvalue weighted by Gasteiger charge is 2.18. The first kappa shape index (κ1) is 14.2. The maximum absolute atomic E-state index is 5.47. The van der Waals surface area contributed by atoms with E-state index in [1.54, 1.807) is 0 Å². The van der Waals surface area contributed by atoms with E-state index < -0.39 is 8.60 Å². The molecule has 0 aliphatic rings. The monoisotopic (exact) mass is 238 g/mol. The van der Waals surface area contributed by atoms with Gasteiger partial charge in [0.05, 0.1) is 12.2 Å². The average Bonchev–Trinajstić information content (AvgIpc) is 2.01. The summed E-state index contributed by atoms with van der Waals surface area (Å²) in [4.78, 5) is 0. The Balaban J connectivity index is 4.03. The van der Waals surface area contributed by atoms with Crippen LogP contribution < -0.4 is 0 Å². The molecular formula is C9H19O3PS. The maximum atomic E-state index is 5.47. The Morgan fingerprint density at radius 3 is 1.86 bits per heavy atom. The first-order valence-electron chi connectivity index (χ1n) is 4.80. The van der Waals surface area contributed by atoms with E-state index in [2.05, 4.69) is 0 Å². The number of thiocarbonyl (C=S) groups is 1. The topological polar surface area (TPSA) is 27.7 Å². The molecule has 14 heavy (non-hydrogen) atoms. The Hall–Kier alpha value is 0.240. The van der Waals surface area contributed by atoms with Crippen molar-refractivity contribution in [3.8, 4) is 0 Å². The first-order valence-corrected chi connectivity index (χ1v) is 6.30. The molecule has 0 spiro atoms. The summed E-state index contributed by atoms with van der Waals surface area (Å²) >= 11 is 4.97. The number of rotatable bonds is 6. The third-order valence-corrected chi connectivity index (χ3v) is 3.11. The van der Waals surface area contributed by atoms with Crippen LogP contribution in [0.25, 0.3) is 0 Å². The summed E-state index contributed by atoms with van der Waals surface area (Å²) in [6.45, 7) is 9.71. The van der Waals surface area contributed by atoms with Crippen molar-refractivity contribution in [3.63, 3.8) is 0 Å². The Labute approximate surface area is 93.1 Å². The molecule has 0 fully saturated rings. The molecule has 0 atom stereocenters. The van der Waals surface area contributed by atoms with Gasteiger partial charge in [0.1, 0.15) is 0 Å². The third kappa shape index (κ3) is 7.63. The van der Waals surface area contributed by atoms with Crippen LogP contribution in [0.1, 0.15) is 41.0 Å². The second-order valence-electron chi connectivity index (χ2n) is 3.35. The lowest BCUT2D eigenvalue weighted by Crippen LogP contribution is -2.08. The van der Waals surface area contributed by atoms with Crippen molar-refractivity contribution in [1.82, 2.24) is 0 Å². The lowest BCUT2D eigenvalue weighted by Gasteiger charge is -2.20. The van der Waals surface area contributed by atoms with Crippen LogP contribution in [0.3, 0.4) is 0 Å². The molecular weight excluding hydrogens is 219 g/mol. The molecule has 0 unspecified atom stereocenters. The molecule has 84 valence electrons. The Morgan fingerprint density at radius 2 is 1.57 bits per heavy atom. The van der Waals surface area contributed by atoms with Gasteiger partial charge in [0, 0.05) is 6.42 Å². The summed E-state index contributed by atoms with van der Waals surface area (Å²) < 4.78 is 16.3. The molecule has 0 aromatic heterocycles. The molecule has 5 heteroatoms. The van der Waals surface area contributed by atoms with E-state index in [1.807, 2.05) is 34.6 Å². The Kier molecular flexibility index (Phi) is 7.65. The fourth-order valence-corrected chi connectivity index (χ4v) is 1.86. The van der Waals surface area contributed by atoms with Crippen molar-refractivity contribution in [2.75, 3.05) is 0 Å². The van der Waals surface area contributed by atoms with Gasteiger partial charge in [-0.15, -0.1) is 0 Å². The smallest absolute Gasteiger partial charge is 0.398 e. The van der Waals surface area contributed by atoms with Crippen LogP contribution in [0.5, 0.6) is 0 Å². The van der Waals surface area contributed by atoms with Crippen molar-refractivity contribution >= 4 is 25.9 Å². The van der Waals surface area contributed by atoms with Crippen LogP contribution in [-0.2, 0) is 13.6 Å². The molecule has 0 aromatic carbocycles. The molecule has 0 rings (SSSR count). The standard InChI is InChI=1S/C9H19O3PS/c1-6-9(14)12-13(10-7(2)3)11-8(4)5/h7-8H,6H2,1-5H3. The number of hydrogen-bond acceptors (Lipinski definition) is 4. The lowest BCUT2D eigenvalue weighted by molar-refractivity contribution is 0.142. The highest BCUT2D eigenvalue weighted by atomic mass is 32.1. The fraction of sp³-hybridized carbons (Fsp3) is 0.889. The molecule has 0 saturated heterocycles. The predicted octanol–water partition coefficient (Wildman–Crippen LogP) is 3.82. The van der Waals surface area contributed by atoms with Gasteiger partial charge in [0.15, 0.2) is 5.05 Å². The summed E-state index contributed by atoms with van der Waals surface area (Å²) in [6.07, 6.45) is 0.871. The second-order valence-corrected chi connectivity index (χ2v) is 4.86. The van der Waals surface area contributed by atoms with Gasteiger partial charge in [-0.3, -0.25) is 9.05 Å². The van der Waals surface area contributed by atoms with Crippen molar-refractivity contribution < 1.29 is 13.6 Å². The molecule has 0 heterocycles. The SMILES string of the molecule is CCC(=S)OP(OC(C)C)OC(C)C. The highest BCUT2D eigenvalue weighted by Crippen LogP contribution is 2.42. The predicted molar refractivity (Wildman–Crippen MR) is 63.3 cm³/mol. The zero-order chi connectivity index (χ0) is 11.1. The summed E-state index contributed by atoms with van der Waals surface area (Å²) in [5.41, 5.74) is 0. The largest absolute Gasteiger partial charge is 0.419 e. The summed E-state index contributed by atoms with van der Waals surface area (Å²) in [6, 6.07) is 0. The van der Waals surface area contributed by atoms with Crippen LogP contribution in [-0.4, -0.2) is 17.3 Å². The average molecular weight is 238 g/mol. The van der Waals surface area contributed by atoms with E-state index in [0.717, 1.165) is 0 Å². The zero-order valence-corrected chi connectivity index (χ0v) is 11.2. The van der Waals surface area contributed by atoms with E-state index in [0.29, 0.717) is 11.5 Å². The van der Waals surface area contributed by atoms with Crippen LogP contribution >= 0.6 is 20.8 Å². The first-order chi connectivity index (χ1) is 6.45. The van der Waals surface area contributed by atoms with Crippen LogP contribution in [0.2, 0.25) is 0 Å². The second kappa shape index (κ2) is 7.52. The summed E-state index contributed by atoms with van der Waals surface area (Å²) in [5, 5.41) is 0.539. The van der Waals surface area contributed by atoms with Gasteiger partial charge >= 0.3 is 8.60 Å². The quantitative estimate of drug-likeness (QED) is 0.519. The van der Waals surface area contributed by atoms with Gasteiger partial charge in [-0.1, -0.05) is 6.92 Å². The van der Waals surface area contributed by atoms with Crippen LogP contribution in [0.15, 0.2) is 0 Å². The van der Waals surface area contributed by atoms with Gasteiger partial charge in [-0.25, -0.2) is 0 Å². The molecule has 0 aromatic rings. The van der Waals surface area contributed by atoms with Gasteiger partial charge in [-0.2, -0.15) is 0 Å². The molecule has 0 radical (unpaired) electrons. The van der Waals surface area contributed by atoms with Crippen molar-refractivity contribution in [2.24, 2.45) is 0 Å². The van der Waals surface area contributed by atoms with E-state index in [1.165, 1.54) is 0 Å². The van der Waals surface area contributed by atoms with Crippen molar-refractivity contribution in [2.45, 2.75) is 53.2 Å². The lowest BCUT2D eigenvalue weighted by atomic mass is 10.5. The molecule has 0 saturated carbocycles. The Bertz CT molecular complexity index is 163. The highest BCUT2D eigenvalue weighted by molar-refractivity contribution is 7.80. The minimum atomic E-state index is -1.33. The Morgan fingerprint density at radius 1 is 1.14 bits per heavy atom. The molecule has 0 amide bonds. The van der Waals surface area contributed by atoms with Crippen molar-refractivity contribution in [1.29, 1.82) is 0 Å². The molecule has 0 bridgehead atoms. The van der Waals surface area contributed by atoms with Gasteiger partial charge in [0.2, 0.25) is 0 Å². The van der Waals surface area contributed by atoms with Gasteiger partial charge in [-0.05, 0) is 39.9 Å². The van der Waals surface area contributed by atoms with Crippen LogP contribution in [0, 0.1) is 0 Å². The van der Waals surface area contributed by atoms with Gasteiger partial charge in [0.25, 0.3) is 0 Å². The van der Waals surface area contributed by atoms with Crippen LogP contribution in [0.4, 0.5) is 0 Å². The normalized spacial score (nSPS) is 11.4. The summed E-state index contributed by atoms with van der Waals surface area (Å²) in [7, 11) is -1.33. The molecule has 3 nitrogen and oxygen atoms in total. The van der Waals surface area contributed by atoms with E-state index in [-0.39, 0.29) is 12.2 Å². The molecule has 0 aliphatic heterocycles. The van der Waals surface area contributed by atoms with Gasteiger partial charge < -0.3 is 4.52 Å². The zero-order valence-electron chi connectivity index (χ0n) is 9.44. The van der Waals surface area contributed by atoms with E-state index in [4.69, 9.17) is 25.8 Å². The molecule has 0 N–H and O–H groups in total. The minimum absolute atomic E-state index is 0.0829. The van der Waals surface area contributed by atoms with E-state index >= 15 is 0 Å². The van der Waals surface area contributed by atoms with Crippen molar-refractivity contribution in [3.05, 3.63) is 0 Å². The maximum Gasteiger partial charge on any atom is 0.398 e. The minimum Gasteiger partial charge on any atom is -0.419 e. The third-order valence-electron chi connectivity index (χ3n) is 1.06. The van der Waals surface area contributed by atoms with E-state index in [9.17, 15) is 0 Å². The summed E-state index contributed by atoms with van der Waals surface area (Å²) in [5.74, 6) is 0.